The maximum Gasteiger partial charge on any atom is 0.292 e. The Labute approximate surface area is 39.4 Å². The van der Waals surface area contributed by atoms with Gasteiger partial charge in [0.25, 0.3) is 5.24 Å². The number of hydrogen-bond donors (Lipinski definition) is 3. The van der Waals surface area contributed by atoms with E-state index in [1.807, 2.05) is 4.83 Å². The van der Waals surface area contributed by atoms with Crippen molar-refractivity contribution in [2.75, 3.05) is 0 Å². The Kier molecular flexibility index (Phi) is 2.82. The molecule has 0 atom stereocenters. The summed E-state index contributed by atoms with van der Waals surface area (Å²) in [5.74, 6) is 4.64. The summed E-state index contributed by atoms with van der Waals surface area (Å²) < 4.78 is 0. The lowest BCUT2D eigenvalue weighted by atomic mass is 11.5. The SMILES string of the molecule is NNSC(N)=O. The number of carbonyl (C=O) groups is 1. The van der Waals surface area contributed by atoms with Crippen molar-refractivity contribution in [2.24, 2.45) is 11.6 Å². The molecular formula is CH5N3OS. The molecule has 0 rings (SSSR count). The number of hydrogen-bond acceptors (Lipinski definition) is 4. The molecule has 0 saturated carbocycles. The quantitative estimate of drug-likeness (QED) is 0.232. The van der Waals surface area contributed by atoms with Gasteiger partial charge in [0, 0.05) is 11.9 Å². The third kappa shape index (κ3) is 3.74. The lowest BCUT2D eigenvalue weighted by Crippen LogP contribution is -2.18. The number of primary amides is 1. The van der Waals surface area contributed by atoms with E-state index in [1.165, 1.54) is 0 Å². The van der Waals surface area contributed by atoms with E-state index >= 15 is 0 Å². The van der Waals surface area contributed by atoms with Crippen LogP contribution in [0.5, 0.6) is 0 Å². The summed E-state index contributed by atoms with van der Waals surface area (Å²) in [5.41, 5.74) is 4.58. The van der Waals surface area contributed by atoms with Crippen molar-refractivity contribution >= 4 is 17.2 Å². The molecule has 0 bridgehead atoms. The summed E-state index contributed by atoms with van der Waals surface area (Å²) in [5, 5.41) is -0.530. The van der Waals surface area contributed by atoms with Crippen LogP contribution in [0.15, 0.2) is 0 Å². The van der Waals surface area contributed by atoms with Crippen LogP contribution in [0.3, 0.4) is 0 Å². The zero-order chi connectivity index (χ0) is 4.99. The minimum Gasteiger partial charge on any atom is -0.359 e. The van der Waals surface area contributed by atoms with E-state index < -0.39 is 5.24 Å². The van der Waals surface area contributed by atoms with Crippen molar-refractivity contribution in [1.29, 1.82) is 0 Å². The van der Waals surface area contributed by atoms with Gasteiger partial charge in [0.05, 0.1) is 0 Å². The molecule has 0 saturated heterocycles. The van der Waals surface area contributed by atoms with Gasteiger partial charge in [-0.1, -0.05) is 0 Å². The smallest absolute Gasteiger partial charge is 0.292 e. The molecule has 0 radical (unpaired) electrons. The second-order valence-electron chi connectivity index (χ2n) is 0.539. The Morgan fingerprint density at radius 3 is 2.33 bits per heavy atom. The van der Waals surface area contributed by atoms with Crippen LogP contribution in [0.25, 0.3) is 0 Å². The molecule has 1 amide bonds. The van der Waals surface area contributed by atoms with E-state index in [4.69, 9.17) is 0 Å². The van der Waals surface area contributed by atoms with Gasteiger partial charge >= 0.3 is 0 Å². The first-order valence-corrected chi connectivity index (χ1v) is 2.01. The topological polar surface area (TPSA) is 81.1 Å². The highest BCUT2D eigenvalue weighted by molar-refractivity contribution is 8.11. The molecule has 6 heavy (non-hydrogen) atoms. The van der Waals surface area contributed by atoms with Crippen LogP contribution in [-0.4, -0.2) is 5.24 Å². The van der Waals surface area contributed by atoms with Crippen molar-refractivity contribution < 1.29 is 4.79 Å². The van der Waals surface area contributed by atoms with Gasteiger partial charge in [-0.15, -0.1) is 0 Å². The molecule has 0 aromatic rings. The molecule has 0 spiro atoms. The van der Waals surface area contributed by atoms with Crippen LogP contribution < -0.4 is 16.4 Å². The number of nitrogens with one attached hydrogen (secondary N) is 1. The summed E-state index contributed by atoms with van der Waals surface area (Å²) in [6, 6.07) is 0. The summed E-state index contributed by atoms with van der Waals surface area (Å²) in [7, 11) is 0. The predicted molar refractivity (Wildman–Crippen MR) is 24.5 cm³/mol. The second kappa shape index (κ2) is 2.95. The van der Waals surface area contributed by atoms with Crippen LogP contribution >= 0.6 is 11.9 Å². The average Bonchev–Trinajstić information content (AvgIpc) is 1.35. The molecule has 0 aliphatic heterocycles. The van der Waals surface area contributed by atoms with Crippen molar-refractivity contribution in [3.63, 3.8) is 0 Å². The van der Waals surface area contributed by atoms with Crippen molar-refractivity contribution in [3.8, 4) is 0 Å². The van der Waals surface area contributed by atoms with Crippen molar-refractivity contribution in [2.45, 2.75) is 0 Å². The number of hydrazine groups is 1. The van der Waals surface area contributed by atoms with Gasteiger partial charge in [-0.05, 0) is 0 Å². The molecule has 0 fully saturated rings. The first-order valence-electron chi connectivity index (χ1n) is 1.19. The Morgan fingerprint density at radius 2 is 2.33 bits per heavy atom. The molecule has 0 heterocycles. The number of nitrogens with two attached hydrogens (primary N) is 2. The molecule has 0 unspecified atom stereocenters. The van der Waals surface area contributed by atoms with Gasteiger partial charge < -0.3 is 5.73 Å². The van der Waals surface area contributed by atoms with Crippen molar-refractivity contribution in [3.05, 3.63) is 0 Å². The molecule has 0 aliphatic carbocycles. The average molecular weight is 107 g/mol. The standard InChI is InChI=1S/CH5N3OS/c2-1(5)6-4-3/h4H,3H2,(H2,2,5). The third-order valence-corrected chi connectivity index (χ3v) is 0.479. The highest BCUT2D eigenvalue weighted by atomic mass is 32.2. The minimum absolute atomic E-state index is 0.530. The van der Waals surface area contributed by atoms with Crippen LogP contribution in [-0.2, 0) is 0 Å². The lowest BCUT2D eigenvalue weighted by Gasteiger charge is -1.84. The first kappa shape index (κ1) is 5.74. The number of carbonyl (C=O) groups excluding carboxylic acids is 1. The van der Waals surface area contributed by atoms with E-state index in [1.54, 1.807) is 0 Å². The van der Waals surface area contributed by atoms with Crippen LogP contribution in [0.4, 0.5) is 4.79 Å². The van der Waals surface area contributed by atoms with Gasteiger partial charge in [0.1, 0.15) is 0 Å². The Bertz CT molecular complexity index is 54.8. The fourth-order valence-electron chi connectivity index (χ4n) is 0.0581. The summed E-state index contributed by atoms with van der Waals surface area (Å²) in [6.45, 7) is 0. The van der Waals surface area contributed by atoms with E-state index in [9.17, 15) is 4.79 Å². The van der Waals surface area contributed by atoms with E-state index in [2.05, 4.69) is 11.6 Å². The maximum atomic E-state index is 9.64. The Morgan fingerprint density at radius 1 is 1.83 bits per heavy atom. The fraction of sp³-hybridized carbons (Fsp3) is 0. The largest absolute Gasteiger partial charge is 0.359 e. The highest BCUT2D eigenvalue weighted by Crippen LogP contribution is 1.83. The molecular weight excluding hydrogens is 102 g/mol. The van der Waals surface area contributed by atoms with Crippen LogP contribution in [0.2, 0.25) is 0 Å². The van der Waals surface area contributed by atoms with Gasteiger partial charge in [-0.3, -0.25) is 10.6 Å². The van der Waals surface area contributed by atoms with E-state index in [-0.39, 0.29) is 0 Å². The van der Waals surface area contributed by atoms with E-state index in [0.717, 1.165) is 0 Å². The van der Waals surface area contributed by atoms with E-state index in [0.29, 0.717) is 11.9 Å². The molecule has 0 aromatic heterocycles. The molecule has 4 nitrogen and oxygen atoms in total. The van der Waals surface area contributed by atoms with Crippen LogP contribution in [0, 0.1) is 0 Å². The summed E-state index contributed by atoms with van der Waals surface area (Å²) in [4.78, 5) is 11.7. The first-order chi connectivity index (χ1) is 2.77. The zero-order valence-corrected chi connectivity index (χ0v) is 3.79. The molecule has 0 aliphatic rings. The van der Waals surface area contributed by atoms with Gasteiger partial charge in [-0.25, -0.2) is 0 Å². The maximum absolute atomic E-state index is 9.64. The van der Waals surface area contributed by atoms with Gasteiger partial charge in [0.2, 0.25) is 0 Å². The summed E-state index contributed by atoms with van der Waals surface area (Å²) in [6.07, 6.45) is 0. The molecule has 5 N–H and O–H groups in total. The summed E-state index contributed by atoms with van der Waals surface area (Å²) >= 11 is 0.653. The van der Waals surface area contributed by atoms with Crippen molar-refractivity contribution in [1.82, 2.24) is 4.83 Å². The Balaban J connectivity index is 2.83. The zero-order valence-electron chi connectivity index (χ0n) is 2.97. The second-order valence-corrected chi connectivity index (χ2v) is 1.38. The molecule has 36 valence electrons. The predicted octanol–water partition coefficient (Wildman–Crippen LogP) is -0.823. The third-order valence-electron chi connectivity index (χ3n) is 0.160. The monoisotopic (exact) mass is 107 g/mol. The molecule has 5 heteroatoms. The fourth-order valence-corrected chi connectivity index (χ4v) is 0.174. The Hall–Kier alpha value is -0.260. The number of amides is 1. The number of rotatable bonds is 1. The minimum atomic E-state index is -0.530. The highest BCUT2D eigenvalue weighted by Gasteiger charge is 1.84. The van der Waals surface area contributed by atoms with Gasteiger partial charge in [-0.2, -0.15) is 4.83 Å². The van der Waals surface area contributed by atoms with Crippen LogP contribution in [0.1, 0.15) is 0 Å². The van der Waals surface area contributed by atoms with Gasteiger partial charge in [0.15, 0.2) is 0 Å². The molecule has 0 aromatic carbocycles. The normalized spacial score (nSPS) is 8.17. The lowest BCUT2D eigenvalue weighted by molar-refractivity contribution is 0.267.